The van der Waals surface area contributed by atoms with Crippen molar-refractivity contribution >= 4 is 17.5 Å². The van der Waals surface area contributed by atoms with Gasteiger partial charge in [0.2, 0.25) is 5.76 Å². The van der Waals surface area contributed by atoms with Gasteiger partial charge in [0, 0.05) is 43.8 Å². The van der Waals surface area contributed by atoms with Gasteiger partial charge in [0.15, 0.2) is 0 Å². The molecule has 0 saturated carbocycles. The molecule has 1 saturated heterocycles. The number of piperidine rings is 1. The highest BCUT2D eigenvalue weighted by Gasteiger charge is 2.25. The molecule has 2 heterocycles. The third-order valence-corrected chi connectivity index (χ3v) is 4.80. The number of amides is 1. The van der Waals surface area contributed by atoms with Crippen LogP contribution in [0.2, 0.25) is 5.02 Å². The van der Waals surface area contributed by atoms with Gasteiger partial charge in [-0.3, -0.25) is 9.69 Å². The van der Waals surface area contributed by atoms with Gasteiger partial charge in [-0.2, -0.15) is 0 Å². The average molecular weight is 378 g/mol. The third kappa shape index (κ3) is 5.06. The number of carbonyl (C=O) groups is 1. The minimum atomic E-state index is -0.257. The van der Waals surface area contributed by atoms with Crippen molar-refractivity contribution in [3.63, 3.8) is 0 Å². The largest absolute Gasteiger partial charge is 0.383 e. The van der Waals surface area contributed by atoms with Crippen molar-refractivity contribution < 1.29 is 14.1 Å². The van der Waals surface area contributed by atoms with Crippen molar-refractivity contribution in [2.24, 2.45) is 0 Å². The summed E-state index contributed by atoms with van der Waals surface area (Å²) in [6, 6.07) is 9.72. The predicted octanol–water partition coefficient (Wildman–Crippen LogP) is 3.08. The minimum Gasteiger partial charge on any atom is -0.383 e. The lowest BCUT2D eigenvalue weighted by atomic mass is 9.94. The average Bonchev–Trinajstić information content (AvgIpc) is 3.12. The van der Waals surface area contributed by atoms with Gasteiger partial charge in [-0.25, -0.2) is 0 Å². The van der Waals surface area contributed by atoms with Crippen molar-refractivity contribution in [1.82, 2.24) is 15.4 Å². The van der Waals surface area contributed by atoms with Crippen LogP contribution in [-0.4, -0.2) is 49.3 Å². The Morgan fingerprint density at radius 2 is 2.35 bits per heavy atom. The summed E-state index contributed by atoms with van der Waals surface area (Å²) in [7, 11) is 1.59. The first kappa shape index (κ1) is 18.9. The van der Waals surface area contributed by atoms with E-state index in [1.807, 2.05) is 18.2 Å². The summed E-state index contributed by atoms with van der Waals surface area (Å²) >= 11 is 6.08. The second-order valence-corrected chi connectivity index (χ2v) is 7.01. The van der Waals surface area contributed by atoms with E-state index in [0.717, 1.165) is 43.2 Å². The van der Waals surface area contributed by atoms with Crippen LogP contribution in [0.4, 0.5) is 0 Å². The number of methoxy groups -OCH3 is 1. The van der Waals surface area contributed by atoms with Crippen molar-refractivity contribution in [2.75, 3.05) is 33.4 Å². The fourth-order valence-electron chi connectivity index (χ4n) is 3.28. The Morgan fingerprint density at radius 1 is 1.46 bits per heavy atom. The van der Waals surface area contributed by atoms with E-state index in [0.29, 0.717) is 13.2 Å². The summed E-state index contributed by atoms with van der Waals surface area (Å²) in [5.74, 6) is 0.266. The maximum absolute atomic E-state index is 12.0. The first-order valence-corrected chi connectivity index (χ1v) is 9.24. The zero-order valence-electron chi connectivity index (χ0n) is 14.9. The van der Waals surface area contributed by atoms with E-state index in [1.54, 1.807) is 13.2 Å². The van der Waals surface area contributed by atoms with Crippen LogP contribution >= 0.6 is 11.6 Å². The lowest BCUT2D eigenvalue weighted by Gasteiger charge is -2.31. The van der Waals surface area contributed by atoms with Crippen molar-refractivity contribution in [3.8, 4) is 0 Å². The molecule has 1 N–H and O–H groups in total. The Balaban J connectivity index is 1.58. The fraction of sp³-hybridized carbons (Fsp3) is 0.474. The minimum absolute atomic E-state index is 0.253. The van der Waals surface area contributed by atoms with Gasteiger partial charge in [-0.1, -0.05) is 28.9 Å². The smallest absolute Gasteiger partial charge is 0.289 e. The van der Waals surface area contributed by atoms with Crippen LogP contribution in [0.5, 0.6) is 0 Å². The molecular weight excluding hydrogens is 354 g/mol. The summed E-state index contributed by atoms with van der Waals surface area (Å²) in [6.45, 7) is 3.71. The number of nitrogens with zero attached hydrogens (tertiary/aromatic N) is 2. The topological polar surface area (TPSA) is 67.6 Å². The second kappa shape index (κ2) is 9.16. The van der Waals surface area contributed by atoms with Crippen LogP contribution in [0.1, 0.15) is 40.6 Å². The molecule has 1 atom stereocenters. The number of halogens is 1. The van der Waals surface area contributed by atoms with Gasteiger partial charge in [-0.05, 0) is 37.1 Å². The van der Waals surface area contributed by atoms with Gasteiger partial charge >= 0.3 is 0 Å². The van der Waals surface area contributed by atoms with Crippen LogP contribution in [-0.2, 0) is 11.3 Å². The zero-order valence-corrected chi connectivity index (χ0v) is 15.7. The molecule has 1 fully saturated rings. The molecular formula is C19H24ClN3O3. The maximum atomic E-state index is 12.0. The van der Waals surface area contributed by atoms with Crippen LogP contribution < -0.4 is 5.32 Å². The van der Waals surface area contributed by atoms with Crippen molar-refractivity contribution in [3.05, 3.63) is 52.4 Å². The predicted molar refractivity (Wildman–Crippen MR) is 99.4 cm³/mol. The number of benzene rings is 1. The molecule has 2 aromatic rings. The summed E-state index contributed by atoms with van der Waals surface area (Å²) in [5.41, 5.74) is 2.05. The number of carbonyl (C=O) groups excluding carboxylic acids is 1. The van der Waals surface area contributed by atoms with Crippen LogP contribution in [0.25, 0.3) is 0 Å². The van der Waals surface area contributed by atoms with Crippen molar-refractivity contribution in [2.45, 2.75) is 25.3 Å². The molecule has 140 valence electrons. The van der Waals surface area contributed by atoms with E-state index in [1.165, 1.54) is 5.56 Å². The summed E-state index contributed by atoms with van der Waals surface area (Å²) in [6.07, 6.45) is 2.14. The number of hydrogen-bond acceptors (Lipinski definition) is 5. The van der Waals surface area contributed by atoms with Crippen LogP contribution in [0.15, 0.2) is 34.9 Å². The van der Waals surface area contributed by atoms with E-state index < -0.39 is 0 Å². The molecule has 1 aliphatic rings. The Morgan fingerprint density at radius 3 is 3.15 bits per heavy atom. The summed E-state index contributed by atoms with van der Waals surface area (Å²) < 4.78 is 10.2. The van der Waals surface area contributed by atoms with Crippen LogP contribution in [0.3, 0.4) is 0 Å². The molecule has 0 radical (unpaired) electrons. The Labute approximate surface area is 158 Å². The van der Waals surface area contributed by atoms with Crippen LogP contribution in [0, 0.1) is 0 Å². The first-order chi connectivity index (χ1) is 12.7. The molecule has 1 amide bonds. The number of aromatic nitrogens is 1. The lowest BCUT2D eigenvalue weighted by molar-refractivity contribution is 0.0900. The first-order valence-electron chi connectivity index (χ1n) is 8.86. The molecule has 0 spiro atoms. The second-order valence-electron chi connectivity index (χ2n) is 6.57. The van der Waals surface area contributed by atoms with Crippen molar-refractivity contribution in [1.29, 1.82) is 0 Å². The molecule has 1 aliphatic heterocycles. The monoisotopic (exact) mass is 377 g/mol. The maximum Gasteiger partial charge on any atom is 0.289 e. The highest BCUT2D eigenvalue weighted by molar-refractivity contribution is 6.30. The third-order valence-electron chi connectivity index (χ3n) is 4.56. The van der Waals surface area contributed by atoms with Gasteiger partial charge in [0.05, 0.1) is 12.3 Å². The quantitative estimate of drug-likeness (QED) is 0.751. The molecule has 6 nitrogen and oxygen atoms in total. The molecule has 1 aromatic heterocycles. The van der Waals surface area contributed by atoms with E-state index in [-0.39, 0.29) is 17.6 Å². The Hall–Kier alpha value is -1.89. The lowest BCUT2D eigenvalue weighted by Crippen LogP contribution is -2.34. The van der Waals surface area contributed by atoms with E-state index in [2.05, 4.69) is 21.4 Å². The normalized spacial score (nSPS) is 18.0. The number of rotatable bonds is 7. The standard InChI is InChI=1S/C19H24ClN3O3/c1-25-9-7-21-19(24)18-11-17(22-26-18)15-5-3-8-23(13-15)12-14-4-2-6-16(20)10-14/h2,4,6,10-11,15H,3,5,7-9,12-13H2,1H3,(H,21,24). The number of hydrogen-bond donors (Lipinski definition) is 1. The number of nitrogens with one attached hydrogen (secondary N) is 1. The summed E-state index contributed by atoms with van der Waals surface area (Å²) in [5, 5.41) is 7.63. The van der Waals surface area contributed by atoms with Gasteiger partial charge in [0.1, 0.15) is 0 Å². The highest BCUT2D eigenvalue weighted by atomic mass is 35.5. The summed E-state index contributed by atoms with van der Waals surface area (Å²) in [4.78, 5) is 14.4. The molecule has 0 aliphatic carbocycles. The number of ether oxygens (including phenoxy) is 1. The molecule has 0 bridgehead atoms. The van der Waals surface area contributed by atoms with E-state index in [4.69, 9.17) is 20.9 Å². The van der Waals surface area contributed by atoms with Gasteiger partial charge in [0.25, 0.3) is 5.91 Å². The zero-order chi connectivity index (χ0) is 18.4. The Kier molecular flexibility index (Phi) is 6.66. The van der Waals surface area contributed by atoms with Gasteiger partial charge in [-0.15, -0.1) is 0 Å². The molecule has 7 heteroatoms. The molecule has 1 aromatic carbocycles. The van der Waals surface area contributed by atoms with E-state index >= 15 is 0 Å². The SMILES string of the molecule is COCCNC(=O)c1cc(C2CCCN(Cc3cccc(Cl)c3)C2)no1. The highest BCUT2D eigenvalue weighted by Crippen LogP contribution is 2.27. The fourth-order valence-corrected chi connectivity index (χ4v) is 3.49. The molecule has 26 heavy (non-hydrogen) atoms. The molecule has 1 unspecified atom stereocenters. The van der Waals surface area contributed by atoms with E-state index in [9.17, 15) is 4.79 Å². The Bertz CT molecular complexity index is 734. The number of likely N-dealkylation sites (tertiary alicyclic amines) is 1. The van der Waals surface area contributed by atoms with Gasteiger partial charge < -0.3 is 14.6 Å². The molecule has 3 rings (SSSR count).